The van der Waals surface area contributed by atoms with E-state index in [1.165, 1.54) is 0 Å². The molecule has 138 valence electrons. The van der Waals surface area contributed by atoms with Crippen LogP contribution in [-0.2, 0) is 13.2 Å². The van der Waals surface area contributed by atoms with E-state index in [-0.39, 0.29) is 5.91 Å². The Bertz CT molecular complexity index is 870. The molecular formula is C17H19Cl2N5OS. The first-order valence-corrected chi connectivity index (χ1v) is 9.36. The van der Waals surface area contributed by atoms with E-state index in [1.54, 1.807) is 40.2 Å². The number of halogens is 2. The third-order valence-electron chi connectivity index (χ3n) is 4.28. The van der Waals surface area contributed by atoms with Gasteiger partial charge in [-0.15, -0.1) is 6.58 Å². The number of benzene rings is 1. The molecule has 2 aromatic rings. The van der Waals surface area contributed by atoms with Crippen molar-refractivity contribution >= 4 is 41.3 Å². The van der Waals surface area contributed by atoms with Crippen molar-refractivity contribution < 1.29 is 4.79 Å². The number of amides is 1. The van der Waals surface area contributed by atoms with Crippen molar-refractivity contribution in [2.45, 2.75) is 13.2 Å². The first-order valence-electron chi connectivity index (χ1n) is 8.19. The lowest BCUT2D eigenvalue weighted by atomic mass is 10.2. The van der Waals surface area contributed by atoms with E-state index in [4.69, 9.17) is 35.4 Å². The number of carbonyl (C=O) groups is 1. The van der Waals surface area contributed by atoms with Gasteiger partial charge in [0.1, 0.15) is 6.33 Å². The minimum absolute atomic E-state index is 0.0711. The lowest BCUT2D eigenvalue weighted by Crippen LogP contribution is -2.49. The Morgan fingerprint density at radius 3 is 2.65 bits per heavy atom. The fourth-order valence-corrected chi connectivity index (χ4v) is 3.56. The molecule has 26 heavy (non-hydrogen) atoms. The summed E-state index contributed by atoms with van der Waals surface area (Å²) >= 11 is 17.5. The second-order valence-corrected chi connectivity index (χ2v) is 7.24. The molecule has 0 N–H and O–H groups in total. The molecular weight excluding hydrogens is 393 g/mol. The van der Waals surface area contributed by atoms with Crippen LogP contribution < -0.4 is 0 Å². The van der Waals surface area contributed by atoms with Gasteiger partial charge in [0, 0.05) is 37.7 Å². The monoisotopic (exact) mass is 411 g/mol. The standard InChI is InChI=1S/C17H19Cl2N5OS/c1-2-5-23-11-20-24(17(23)26)12-21-6-8-22(9-7-21)16(25)14-4-3-13(18)10-15(14)19/h2-4,10-11H,1,5-9,12H2. The maximum Gasteiger partial charge on any atom is 0.255 e. The van der Waals surface area contributed by atoms with Crippen LogP contribution in [0.4, 0.5) is 0 Å². The molecule has 0 bridgehead atoms. The minimum Gasteiger partial charge on any atom is -0.336 e. The second-order valence-electron chi connectivity index (χ2n) is 6.03. The van der Waals surface area contributed by atoms with Gasteiger partial charge in [0.05, 0.1) is 17.3 Å². The quantitative estimate of drug-likeness (QED) is 0.559. The van der Waals surface area contributed by atoms with E-state index in [9.17, 15) is 4.79 Å². The van der Waals surface area contributed by atoms with Crippen LogP contribution in [0.3, 0.4) is 0 Å². The molecule has 0 radical (unpaired) electrons. The van der Waals surface area contributed by atoms with Gasteiger partial charge < -0.3 is 9.47 Å². The summed E-state index contributed by atoms with van der Waals surface area (Å²) in [5.74, 6) is -0.0711. The third kappa shape index (κ3) is 4.17. The van der Waals surface area contributed by atoms with Crippen molar-refractivity contribution in [3.63, 3.8) is 0 Å². The Kier molecular flexibility index (Phi) is 6.13. The predicted octanol–water partition coefficient (Wildman–Crippen LogP) is 3.32. The lowest BCUT2D eigenvalue weighted by molar-refractivity contribution is 0.0585. The molecule has 1 aliphatic rings. The van der Waals surface area contributed by atoms with Crippen molar-refractivity contribution in [3.8, 4) is 0 Å². The Morgan fingerprint density at radius 1 is 1.27 bits per heavy atom. The van der Waals surface area contributed by atoms with Crippen LogP contribution in [0.5, 0.6) is 0 Å². The van der Waals surface area contributed by atoms with Crippen LogP contribution in [0.15, 0.2) is 37.2 Å². The van der Waals surface area contributed by atoms with Gasteiger partial charge in [0.25, 0.3) is 5.91 Å². The van der Waals surface area contributed by atoms with Crippen LogP contribution in [0, 0.1) is 4.77 Å². The zero-order chi connectivity index (χ0) is 18.7. The molecule has 0 unspecified atom stereocenters. The largest absolute Gasteiger partial charge is 0.336 e. The molecule has 0 aliphatic carbocycles. The van der Waals surface area contributed by atoms with E-state index in [0.717, 1.165) is 13.1 Å². The Labute approximate surface area is 167 Å². The Hall–Kier alpha value is -1.67. The zero-order valence-electron chi connectivity index (χ0n) is 14.1. The minimum atomic E-state index is -0.0711. The highest BCUT2D eigenvalue weighted by Gasteiger charge is 2.24. The van der Waals surface area contributed by atoms with Gasteiger partial charge >= 0.3 is 0 Å². The summed E-state index contributed by atoms with van der Waals surface area (Å²) in [4.78, 5) is 16.7. The molecule has 9 heteroatoms. The predicted molar refractivity (Wildman–Crippen MR) is 105 cm³/mol. The molecule has 1 aliphatic heterocycles. The molecule has 6 nitrogen and oxygen atoms in total. The summed E-state index contributed by atoms with van der Waals surface area (Å²) in [5, 5.41) is 5.22. The van der Waals surface area contributed by atoms with Crippen molar-refractivity contribution in [1.29, 1.82) is 0 Å². The normalized spacial score (nSPS) is 15.2. The molecule has 3 rings (SSSR count). The maximum absolute atomic E-state index is 12.7. The Balaban J connectivity index is 1.59. The molecule has 1 amide bonds. The first-order chi connectivity index (χ1) is 12.5. The molecule has 0 atom stereocenters. The summed E-state index contributed by atoms with van der Waals surface area (Å²) < 4.78 is 4.31. The molecule has 1 aromatic carbocycles. The number of carbonyl (C=O) groups excluding carboxylic acids is 1. The third-order valence-corrected chi connectivity index (χ3v) is 5.27. The highest BCUT2D eigenvalue weighted by atomic mass is 35.5. The summed E-state index contributed by atoms with van der Waals surface area (Å²) in [6, 6.07) is 4.94. The summed E-state index contributed by atoms with van der Waals surface area (Å²) in [6.45, 7) is 7.69. The Morgan fingerprint density at radius 2 is 2.00 bits per heavy atom. The zero-order valence-corrected chi connectivity index (χ0v) is 16.5. The van der Waals surface area contributed by atoms with Crippen molar-refractivity contribution in [2.75, 3.05) is 26.2 Å². The average Bonchev–Trinajstić information content (AvgIpc) is 2.96. The van der Waals surface area contributed by atoms with Crippen molar-refractivity contribution in [3.05, 3.63) is 57.6 Å². The van der Waals surface area contributed by atoms with E-state index in [2.05, 4.69) is 16.6 Å². The fraction of sp³-hybridized carbons (Fsp3) is 0.353. The number of hydrogen-bond donors (Lipinski definition) is 0. The van der Waals surface area contributed by atoms with Gasteiger partial charge in [-0.3, -0.25) is 9.69 Å². The van der Waals surface area contributed by atoms with E-state index < -0.39 is 0 Å². The van der Waals surface area contributed by atoms with Crippen LogP contribution >= 0.6 is 35.4 Å². The molecule has 0 saturated carbocycles. The molecule has 1 saturated heterocycles. The number of hydrogen-bond acceptors (Lipinski definition) is 4. The second kappa shape index (κ2) is 8.35. The summed E-state index contributed by atoms with van der Waals surface area (Å²) in [6.07, 6.45) is 3.50. The number of nitrogens with zero attached hydrogens (tertiary/aromatic N) is 5. The molecule has 1 aromatic heterocycles. The topological polar surface area (TPSA) is 46.3 Å². The smallest absolute Gasteiger partial charge is 0.255 e. The number of allylic oxidation sites excluding steroid dienone is 1. The average molecular weight is 412 g/mol. The number of rotatable bonds is 5. The highest BCUT2D eigenvalue weighted by molar-refractivity contribution is 7.71. The van der Waals surface area contributed by atoms with Crippen LogP contribution in [0.2, 0.25) is 10.0 Å². The van der Waals surface area contributed by atoms with E-state index in [1.807, 2.05) is 4.57 Å². The van der Waals surface area contributed by atoms with E-state index in [0.29, 0.717) is 46.7 Å². The lowest BCUT2D eigenvalue weighted by Gasteiger charge is -2.34. The molecule has 1 fully saturated rings. The molecule has 0 spiro atoms. The van der Waals surface area contributed by atoms with Gasteiger partial charge in [0.15, 0.2) is 4.77 Å². The van der Waals surface area contributed by atoms with Gasteiger partial charge in [-0.05, 0) is 30.4 Å². The van der Waals surface area contributed by atoms with Crippen LogP contribution in [0.1, 0.15) is 10.4 Å². The highest BCUT2D eigenvalue weighted by Crippen LogP contribution is 2.22. The SMILES string of the molecule is C=CCn1cnn(CN2CCN(C(=O)c3ccc(Cl)cc3Cl)CC2)c1=S. The van der Waals surface area contributed by atoms with E-state index >= 15 is 0 Å². The van der Waals surface area contributed by atoms with Gasteiger partial charge in [-0.1, -0.05) is 29.3 Å². The van der Waals surface area contributed by atoms with Gasteiger partial charge in [-0.25, -0.2) is 4.68 Å². The van der Waals surface area contributed by atoms with Crippen LogP contribution in [-0.4, -0.2) is 56.2 Å². The summed E-state index contributed by atoms with van der Waals surface area (Å²) in [5.41, 5.74) is 0.481. The maximum atomic E-state index is 12.7. The van der Waals surface area contributed by atoms with Gasteiger partial charge in [0.2, 0.25) is 0 Å². The number of aromatic nitrogens is 3. The number of piperazine rings is 1. The van der Waals surface area contributed by atoms with Crippen molar-refractivity contribution in [2.24, 2.45) is 0 Å². The fourth-order valence-electron chi connectivity index (χ4n) is 2.85. The molecule has 2 heterocycles. The summed E-state index contributed by atoms with van der Waals surface area (Å²) in [7, 11) is 0. The van der Waals surface area contributed by atoms with Crippen molar-refractivity contribution in [1.82, 2.24) is 24.1 Å². The van der Waals surface area contributed by atoms with Gasteiger partial charge in [-0.2, -0.15) is 5.10 Å². The van der Waals surface area contributed by atoms with Crippen LogP contribution in [0.25, 0.3) is 0 Å². The first kappa shape index (κ1) is 19.1.